The molecule has 1 heterocycles. The van der Waals surface area contributed by atoms with E-state index in [0.717, 1.165) is 19.4 Å². The van der Waals surface area contributed by atoms with E-state index in [9.17, 15) is 14.7 Å². The topological polar surface area (TPSA) is 108 Å². The van der Waals surface area contributed by atoms with Crippen molar-refractivity contribution in [1.82, 2.24) is 10.6 Å². The molecule has 1 fully saturated rings. The van der Waals surface area contributed by atoms with E-state index in [1.54, 1.807) is 0 Å². The summed E-state index contributed by atoms with van der Waals surface area (Å²) in [6, 6.07) is -0.406. The summed E-state index contributed by atoms with van der Waals surface area (Å²) in [5.41, 5.74) is -1.45. The molecule has 19 heavy (non-hydrogen) atoms. The molecule has 0 spiro atoms. The molecule has 1 aliphatic rings. The van der Waals surface area contributed by atoms with Gasteiger partial charge in [0.25, 0.3) is 0 Å². The predicted molar refractivity (Wildman–Crippen MR) is 67.8 cm³/mol. The highest BCUT2D eigenvalue weighted by molar-refractivity contribution is 5.74. The monoisotopic (exact) mass is 274 g/mol. The van der Waals surface area contributed by atoms with Crippen LogP contribution in [0, 0.1) is 5.92 Å². The number of urea groups is 1. The molecule has 2 unspecified atom stereocenters. The zero-order valence-corrected chi connectivity index (χ0v) is 11.1. The van der Waals surface area contributed by atoms with Gasteiger partial charge in [-0.2, -0.15) is 0 Å². The summed E-state index contributed by atoms with van der Waals surface area (Å²) in [4.78, 5) is 22.0. The number of nitrogens with one attached hydrogen (secondary N) is 2. The molecule has 2 amide bonds. The quantitative estimate of drug-likeness (QED) is 0.542. The molecule has 4 N–H and O–H groups in total. The van der Waals surface area contributed by atoms with Crippen LogP contribution in [0.5, 0.6) is 0 Å². The van der Waals surface area contributed by atoms with Crippen molar-refractivity contribution >= 4 is 12.0 Å². The van der Waals surface area contributed by atoms with Crippen LogP contribution in [0.1, 0.15) is 26.2 Å². The van der Waals surface area contributed by atoms with Gasteiger partial charge in [-0.3, -0.25) is 4.79 Å². The summed E-state index contributed by atoms with van der Waals surface area (Å²) >= 11 is 0. The minimum atomic E-state index is -1.45. The summed E-state index contributed by atoms with van der Waals surface area (Å²) in [6.45, 7) is 3.22. The van der Waals surface area contributed by atoms with Crippen LogP contribution < -0.4 is 10.6 Å². The molecule has 0 bridgehead atoms. The zero-order valence-electron chi connectivity index (χ0n) is 11.1. The van der Waals surface area contributed by atoms with Crippen LogP contribution in [0.2, 0.25) is 0 Å². The van der Waals surface area contributed by atoms with Gasteiger partial charge in [-0.25, -0.2) is 4.79 Å². The van der Waals surface area contributed by atoms with Crippen molar-refractivity contribution in [3.05, 3.63) is 0 Å². The van der Waals surface area contributed by atoms with E-state index < -0.39 is 24.0 Å². The fraction of sp³-hybridized carbons (Fsp3) is 0.833. The molecule has 0 aromatic heterocycles. The van der Waals surface area contributed by atoms with Gasteiger partial charge in [0.05, 0.1) is 18.6 Å². The van der Waals surface area contributed by atoms with Gasteiger partial charge in [0.15, 0.2) is 0 Å². The molecule has 0 radical (unpaired) electrons. The molecular formula is C12H22N2O5. The van der Waals surface area contributed by atoms with Crippen molar-refractivity contribution in [3.63, 3.8) is 0 Å². The number of hydrogen-bond acceptors (Lipinski definition) is 4. The lowest BCUT2D eigenvalue weighted by atomic mass is 10.0. The number of carboxylic acid groups (broad SMARTS) is 1. The average Bonchev–Trinajstić information content (AvgIpc) is 2.34. The maximum atomic E-state index is 11.5. The highest BCUT2D eigenvalue weighted by Gasteiger charge is 2.25. The normalized spacial score (nSPS) is 22.3. The highest BCUT2D eigenvalue weighted by atomic mass is 16.5. The van der Waals surface area contributed by atoms with E-state index >= 15 is 0 Å². The second-order valence-corrected chi connectivity index (χ2v) is 5.21. The summed E-state index contributed by atoms with van der Waals surface area (Å²) in [6.07, 6.45) is 1.61. The van der Waals surface area contributed by atoms with Gasteiger partial charge < -0.3 is 25.6 Å². The number of ether oxygens (including phenoxy) is 1. The molecule has 2 atom stereocenters. The SMILES string of the molecule is CC(O)(CNC(=O)NCC1CCCOC1)CC(=O)O. The van der Waals surface area contributed by atoms with E-state index in [1.165, 1.54) is 6.92 Å². The molecule has 7 heteroatoms. The van der Waals surface area contributed by atoms with Crippen LogP contribution in [0.15, 0.2) is 0 Å². The lowest BCUT2D eigenvalue weighted by Crippen LogP contribution is -2.47. The number of aliphatic carboxylic acids is 1. The maximum absolute atomic E-state index is 11.5. The van der Waals surface area contributed by atoms with Crippen LogP contribution in [0.3, 0.4) is 0 Å². The Hall–Kier alpha value is -1.34. The molecule has 0 aliphatic carbocycles. The van der Waals surface area contributed by atoms with Crippen molar-refractivity contribution in [2.45, 2.75) is 31.8 Å². The first kappa shape index (κ1) is 15.7. The minimum Gasteiger partial charge on any atom is -0.481 e. The summed E-state index contributed by atoms with van der Waals surface area (Å²) in [5, 5.41) is 23.4. The first-order valence-corrected chi connectivity index (χ1v) is 6.43. The molecule has 7 nitrogen and oxygen atoms in total. The first-order chi connectivity index (χ1) is 8.89. The van der Waals surface area contributed by atoms with E-state index in [-0.39, 0.29) is 6.54 Å². The van der Waals surface area contributed by atoms with E-state index in [1.807, 2.05) is 0 Å². The van der Waals surface area contributed by atoms with Crippen LogP contribution >= 0.6 is 0 Å². The second kappa shape index (κ2) is 7.30. The Morgan fingerprint density at radius 3 is 2.74 bits per heavy atom. The Labute approximate surface area is 112 Å². The first-order valence-electron chi connectivity index (χ1n) is 6.43. The second-order valence-electron chi connectivity index (χ2n) is 5.21. The molecule has 0 aromatic carbocycles. The fourth-order valence-electron chi connectivity index (χ4n) is 1.93. The van der Waals surface area contributed by atoms with Crippen molar-refractivity contribution in [1.29, 1.82) is 0 Å². The van der Waals surface area contributed by atoms with Crippen molar-refractivity contribution in [2.24, 2.45) is 5.92 Å². The van der Waals surface area contributed by atoms with E-state index in [0.29, 0.717) is 19.1 Å². The van der Waals surface area contributed by atoms with Gasteiger partial charge in [0.1, 0.15) is 0 Å². The summed E-state index contributed by atoms with van der Waals surface area (Å²) < 4.78 is 5.30. The Bertz CT molecular complexity index is 313. The van der Waals surface area contributed by atoms with Crippen LogP contribution in [-0.2, 0) is 9.53 Å². The zero-order chi connectivity index (χ0) is 14.3. The third kappa shape index (κ3) is 6.97. The molecule has 110 valence electrons. The van der Waals surface area contributed by atoms with Crippen molar-refractivity contribution in [3.8, 4) is 0 Å². The van der Waals surface area contributed by atoms with Crippen molar-refractivity contribution < 1.29 is 24.5 Å². The fourth-order valence-corrected chi connectivity index (χ4v) is 1.93. The van der Waals surface area contributed by atoms with Gasteiger partial charge in [0, 0.05) is 19.7 Å². The third-order valence-corrected chi connectivity index (χ3v) is 2.97. The average molecular weight is 274 g/mol. The Balaban J connectivity index is 2.18. The highest BCUT2D eigenvalue weighted by Crippen LogP contribution is 2.12. The lowest BCUT2D eigenvalue weighted by molar-refractivity contribution is -0.141. The smallest absolute Gasteiger partial charge is 0.314 e. The summed E-state index contributed by atoms with van der Waals surface area (Å²) in [5.74, 6) is -0.786. The Morgan fingerprint density at radius 2 is 2.16 bits per heavy atom. The standard InChI is InChI=1S/C12H22N2O5/c1-12(18,5-10(15)16)8-14-11(17)13-6-9-3-2-4-19-7-9/h9,18H,2-8H2,1H3,(H,15,16)(H2,13,14,17). The number of hydrogen-bond donors (Lipinski definition) is 4. The Kier molecular flexibility index (Phi) is 6.04. The van der Waals surface area contributed by atoms with Gasteiger partial charge in [0.2, 0.25) is 0 Å². The molecule has 0 aromatic rings. The van der Waals surface area contributed by atoms with Crippen LogP contribution in [-0.4, -0.2) is 54.1 Å². The summed E-state index contributed by atoms with van der Waals surface area (Å²) in [7, 11) is 0. The van der Waals surface area contributed by atoms with Gasteiger partial charge in [-0.05, 0) is 25.7 Å². The lowest BCUT2D eigenvalue weighted by Gasteiger charge is -2.24. The minimum absolute atomic E-state index is 0.105. The molecular weight excluding hydrogens is 252 g/mol. The number of rotatable bonds is 6. The van der Waals surface area contributed by atoms with Gasteiger partial charge in [-0.1, -0.05) is 0 Å². The number of carbonyl (C=O) groups is 2. The van der Waals surface area contributed by atoms with Gasteiger partial charge >= 0.3 is 12.0 Å². The largest absolute Gasteiger partial charge is 0.481 e. The third-order valence-electron chi connectivity index (χ3n) is 2.97. The van der Waals surface area contributed by atoms with Gasteiger partial charge in [-0.15, -0.1) is 0 Å². The van der Waals surface area contributed by atoms with Crippen molar-refractivity contribution in [2.75, 3.05) is 26.3 Å². The number of aliphatic hydroxyl groups is 1. The predicted octanol–water partition coefficient (Wildman–Crippen LogP) is -0.0621. The Morgan fingerprint density at radius 1 is 1.42 bits per heavy atom. The van der Waals surface area contributed by atoms with E-state index in [2.05, 4.69) is 10.6 Å². The molecule has 0 saturated carbocycles. The number of carbonyl (C=O) groups excluding carboxylic acids is 1. The maximum Gasteiger partial charge on any atom is 0.314 e. The molecule has 1 saturated heterocycles. The molecule has 1 aliphatic heterocycles. The van der Waals surface area contributed by atoms with Crippen LogP contribution in [0.25, 0.3) is 0 Å². The molecule has 1 rings (SSSR count). The number of carboxylic acids is 1. The van der Waals surface area contributed by atoms with Crippen LogP contribution in [0.4, 0.5) is 4.79 Å². The van der Waals surface area contributed by atoms with E-state index in [4.69, 9.17) is 9.84 Å². The number of amides is 2.